The van der Waals surface area contributed by atoms with E-state index in [4.69, 9.17) is 14.2 Å². The van der Waals surface area contributed by atoms with Gasteiger partial charge in [0.15, 0.2) is 0 Å². The van der Waals surface area contributed by atoms with Crippen molar-refractivity contribution in [2.45, 2.75) is 116 Å². The number of ether oxygens (including phenoxy) is 3. The summed E-state index contributed by atoms with van der Waals surface area (Å²) in [5, 5.41) is 0. The van der Waals surface area contributed by atoms with Crippen LogP contribution in [0.25, 0.3) is 0 Å². The van der Waals surface area contributed by atoms with Crippen molar-refractivity contribution in [3.05, 3.63) is 54.1 Å². The van der Waals surface area contributed by atoms with Crippen molar-refractivity contribution in [2.75, 3.05) is 26.9 Å². The Labute approximate surface area is 227 Å². The minimum Gasteiger partial charge on any atom is -0.379 e. The van der Waals surface area contributed by atoms with Crippen molar-refractivity contribution in [3.63, 3.8) is 0 Å². The average molecular weight is 516 g/mol. The van der Waals surface area contributed by atoms with Crippen molar-refractivity contribution in [1.82, 2.24) is 4.57 Å². The first-order chi connectivity index (χ1) is 18.2. The number of hydrogen-bond donors (Lipinski definition) is 0. The van der Waals surface area contributed by atoms with Gasteiger partial charge in [-0.05, 0) is 23.6 Å². The molecule has 2 aromatic rings. The minimum absolute atomic E-state index is 0.0188. The standard InChI is InChI=1S/C32H55N2O3/c1-4-5-6-7-8-9-10-11-12-13-14-15-16-17-23-36-27-32(35-3)28-37-26-31-20-18-19-30(24-31)25-34-22-21-33(2)29-34/h18-22,24,29,32H,4-17,23,25-28H2,1-3H3/q+1. The number of rotatable bonds is 24. The highest BCUT2D eigenvalue weighted by Gasteiger charge is 2.09. The Balaban J connectivity index is 1.41. The van der Waals surface area contributed by atoms with Crippen LogP contribution in [0.1, 0.15) is 108 Å². The Morgan fingerprint density at radius 3 is 1.97 bits per heavy atom. The second kappa shape index (κ2) is 21.3. The van der Waals surface area contributed by atoms with Crippen molar-refractivity contribution in [3.8, 4) is 0 Å². The molecule has 1 heterocycles. The summed E-state index contributed by atoms with van der Waals surface area (Å²) in [6, 6.07) is 8.60. The van der Waals surface area contributed by atoms with E-state index < -0.39 is 0 Å². The van der Waals surface area contributed by atoms with E-state index in [2.05, 4.69) is 59.0 Å². The Hall–Kier alpha value is -1.69. The summed E-state index contributed by atoms with van der Waals surface area (Å²) in [5.74, 6) is 0. The second-order valence-electron chi connectivity index (χ2n) is 10.6. The minimum atomic E-state index is -0.0188. The van der Waals surface area contributed by atoms with Crippen LogP contribution in [-0.4, -0.2) is 37.6 Å². The van der Waals surface area contributed by atoms with Gasteiger partial charge in [0, 0.05) is 13.7 Å². The molecule has 0 fully saturated rings. The van der Waals surface area contributed by atoms with E-state index >= 15 is 0 Å². The largest absolute Gasteiger partial charge is 0.379 e. The third-order valence-electron chi connectivity index (χ3n) is 7.03. The number of aromatic nitrogens is 2. The number of hydrogen-bond acceptors (Lipinski definition) is 3. The van der Waals surface area contributed by atoms with E-state index in [0.29, 0.717) is 19.8 Å². The zero-order chi connectivity index (χ0) is 26.4. The molecule has 0 aliphatic heterocycles. The van der Waals surface area contributed by atoms with Gasteiger partial charge >= 0.3 is 0 Å². The summed E-state index contributed by atoms with van der Waals surface area (Å²) in [4.78, 5) is 0. The number of nitrogens with zero attached hydrogens (tertiary/aromatic N) is 2. The molecule has 0 radical (unpaired) electrons. The van der Waals surface area contributed by atoms with Crippen LogP contribution in [0.3, 0.4) is 0 Å². The van der Waals surface area contributed by atoms with E-state index in [1.807, 2.05) is 7.05 Å². The van der Waals surface area contributed by atoms with E-state index in [0.717, 1.165) is 19.6 Å². The van der Waals surface area contributed by atoms with Gasteiger partial charge in [0.1, 0.15) is 25.0 Å². The first-order valence-electron chi connectivity index (χ1n) is 15.0. The molecule has 0 saturated heterocycles. The van der Waals surface area contributed by atoms with Crippen LogP contribution in [0.15, 0.2) is 43.0 Å². The molecular weight excluding hydrogens is 460 g/mol. The van der Waals surface area contributed by atoms with E-state index in [1.54, 1.807) is 7.11 Å². The summed E-state index contributed by atoms with van der Waals surface area (Å²) in [6.45, 7) is 5.70. The maximum absolute atomic E-state index is 5.95. The van der Waals surface area contributed by atoms with Crippen LogP contribution in [0.2, 0.25) is 0 Å². The van der Waals surface area contributed by atoms with Crippen LogP contribution < -0.4 is 4.57 Å². The maximum atomic E-state index is 5.95. The molecule has 5 nitrogen and oxygen atoms in total. The Morgan fingerprint density at radius 2 is 1.38 bits per heavy atom. The Morgan fingerprint density at radius 1 is 0.784 bits per heavy atom. The monoisotopic (exact) mass is 515 g/mol. The quantitative estimate of drug-likeness (QED) is 0.108. The Bertz CT molecular complexity index is 792. The average Bonchev–Trinajstić information content (AvgIpc) is 3.31. The van der Waals surface area contributed by atoms with Crippen LogP contribution >= 0.6 is 0 Å². The van der Waals surface area contributed by atoms with Gasteiger partial charge in [-0.15, -0.1) is 0 Å². The third kappa shape index (κ3) is 16.0. The lowest BCUT2D eigenvalue weighted by Crippen LogP contribution is -2.24. The lowest BCUT2D eigenvalue weighted by atomic mass is 10.0. The number of aryl methyl sites for hydroxylation is 1. The van der Waals surface area contributed by atoms with Crippen molar-refractivity contribution >= 4 is 0 Å². The third-order valence-corrected chi connectivity index (χ3v) is 7.03. The zero-order valence-corrected chi connectivity index (χ0v) is 24.2. The smallest absolute Gasteiger partial charge is 0.243 e. The second-order valence-corrected chi connectivity index (χ2v) is 10.6. The van der Waals surface area contributed by atoms with Crippen molar-refractivity contribution in [2.24, 2.45) is 7.05 Å². The molecular formula is C32H55N2O3+. The highest BCUT2D eigenvalue weighted by molar-refractivity contribution is 5.23. The highest BCUT2D eigenvalue weighted by Crippen LogP contribution is 2.13. The van der Waals surface area contributed by atoms with Gasteiger partial charge in [0.05, 0.1) is 26.9 Å². The molecule has 0 aliphatic carbocycles. The fraction of sp³-hybridized carbons (Fsp3) is 0.719. The summed E-state index contributed by atoms with van der Waals surface area (Å²) in [7, 11) is 3.78. The van der Waals surface area contributed by atoms with Crippen LogP contribution in [0.4, 0.5) is 0 Å². The van der Waals surface area contributed by atoms with Gasteiger partial charge in [-0.25, -0.2) is 9.13 Å². The number of benzene rings is 1. The molecule has 1 aromatic heterocycles. The summed E-state index contributed by atoms with van der Waals surface area (Å²) >= 11 is 0. The molecule has 1 aromatic carbocycles. The van der Waals surface area contributed by atoms with Crippen LogP contribution in [0.5, 0.6) is 0 Å². The first kappa shape index (κ1) is 31.5. The molecule has 37 heavy (non-hydrogen) atoms. The van der Waals surface area contributed by atoms with E-state index in [-0.39, 0.29) is 6.10 Å². The lowest BCUT2D eigenvalue weighted by molar-refractivity contribution is -0.671. The summed E-state index contributed by atoms with van der Waals surface area (Å²) in [6.07, 6.45) is 25.5. The molecule has 1 unspecified atom stereocenters. The number of unbranched alkanes of at least 4 members (excludes halogenated alkanes) is 13. The number of methoxy groups -OCH3 is 1. The van der Waals surface area contributed by atoms with Gasteiger partial charge in [-0.2, -0.15) is 0 Å². The Kier molecular flexibility index (Phi) is 18.1. The fourth-order valence-corrected chi connectivity index (χ4v) is 4.73. The molecule has 0 saturated carbocycles. The van der Waals surface area contributed by atoms with Gasteiger partial charge in [-0.3, -0.25) is 0 Å². The van der Waals surface area contributed by atoms with Gasteiger partial charge in [-0.1, -0.05) is 109 Å². The van der Waals surface area contributed by atoms with E-state index in [1.165, 1.54) is 94.6 Å². The SMILES string of the molecule is CCCCCCCCCCCCCCCCOCC(COCc1cccc(Cn2cc[n+](C)c2)c1)OC. The lowest BCUT2D eigenvalue weighted by Gasteiger charge is -2.16. The number of imidazole rings is 1. The van der Waals surface area contributed by atoms with Crippen LogP contribution in [0, 0.1) is 0 Å². The molecule has 0 amide bonds. The molecule has 2 rings (SSSR count). The van der Waals surface area contributed by atoms with E-state index in [9.17, 15) is 0 Å². The molecule has 0 N–H and O–H groups in total. The zero-order valence-electron chi connectivity index (χ0n) is 24.2. The summed E-state index contributed by atoms with van der Waals surface area (Å²) in [5.41, 5.74) is 2.46. The van der Waals surface area contributed by atoms with Crippen molar-refractivity contribution < 1.29 is 18.8 Å². The predicted octanol–water partition coefficient (Wildman–Crippen LogP) is 7.39. The van der Waals surface area contributed by atoms with Gasteiger partial charge in [0.2, 0.25) is 6.33 Å². The van der Waals surface area contributed by atoms with Crippen LogP contribution in [-0.2, 0) is 34.4 Å². The molecule has 0 bridgehead atoms. The fourth-order valence-electron chi connectivity index (χ4n) is 4.73. The molecule has 210 valence electrons. The molecule has 5 heteroatoms. The molecule has 0 spiro atoms. The first-order valence-corrected chi connectivity index (χ1v) is 15.0. The maximum Gasteiger partial charge on any atom is 0.243 e. The molecule has 0 aliphatic rings. The van der Waals surface area contributed by atoms with Gasteiger partial charge < -0.3 is 14.2 Å². The summed E-state index contributed by atoms with van der Waals surface area (Å²) < 4.78 is 21.6. The molecule has 1 atom stereocenters. The topological polar surface area (TPSA) is 36.5 Å². The normalized spacial score (nSPS) is 12.3. The van der Waals surface area contributed by atoms with Crippen molar-refractivity contribution in [1.29, 1.82) is 0 Å². The predicted molar refractivity (Wildman–Crippen MR) is 153 cm³/mol. The van der Waals surface area contributed by atoms with Gasteiger partial charge in [0.25, 0.3) is 0 Å². The highest BCUT2D eigenvalue weighted by atomic mass is 16.6.